The van der Waals surface area contributed by atoms with Gasteiger partial charge in [0.25, 0.3) is 5.91 Å². The molecule has 0 unspecified atom stereocenters. The van der Waals surface area contributed by atoms with Crippen LogP contribution in [-0.4, -0.2) is 25.1 Å². The summed E-state index contributed by atoms with van der Waals surface area (Å²) in [5.74, 6) is -0.0669. The Labute approximate surface area is 149 Å². The highest BCUT2D eigenvalue weighted by molar-refractivity contribution is 9.10. The van der Waals surface area contributed by atoms with Crippen molar-refractivity contribution < 1.29 is 19.1 Å². The fraction of sp³-hybridized carbons (Fsp3) is 0.222. The fourth-order valence-corrected chi connectivity index (χ4v) is 2.58. The van der Waals surface area contributed by atoms with Crippen molar-refractivity contribution in [1.82, 2.24) is 0 Å². The van der Waals surface area contributed by atoms with Gasteiger partial charge in [-0.05, 0) is 71.7 Å². The Balaban J connectivity index is 1.89. The normalized spacial score (nSPS) is 10.1. The van der Waals surface area contributed by atoms with Gasteiger partial charge in [0.2, 0.25) is 0 Å². The SMILES string of the molecule is CCOC(=O)c1ccc(NC(=O)COc2ccc(C)cc2Br)cc1. The first-order valence-corrected chi connectivity index (χ1v) is 8.25. The Morgan fingerprint density at radius 1 is 1.12 bits per heavy atom. The van der Waals surface area contributed by atoms with Crippen LogP contribution in [0, 0.1) is 6.92 Å². The molecule has 2 aromatic rings. The third-order valence-electron chi connectivity index (χ3n) is 3.13. The minimum atomic E-state index is -0.386. The molecule has 2 rings (SSSR count). The van der Waals surface area contributed by atoms with E-state index < -0.39 is 0 Å². The predicted octanol–water partition coefficient (Wildman–Crippen LogP) is 3.95. The van der Waals surface area contributed by atoms with Crippen molar-refractivity contribution in [2.45, 2.75) is 13.8 Å². The molecule has 0 aliphatic carbocycles. The molecule has 0 saturated carbocycles. The number of anilines is 1. The van der Waals surface area contributed by atoms with Crippen molar-refractivity contribution in [1.29, 1.82) is 0 Å². The maximum atomic E-state index is 11.9. The maximum absolute atomic E-state index is 11.9. The molecule has 5 nitrogen and oxygen atoms in total. The Morgan fingerprint density at radius 2 is 1.83 bits per heavy atom. The van der Waals surface area contributed by atoms with E-state index >= 15 is 0 Å². The lowest BCUT2D eigenvalue weighted by Crippen LogP contribution is -2.20. The first-order chi connectivity index (χ1) is 11.5. The third kappa shape index (κ3) is 5.09. The molecule has 126 valence electrons. The van der Waals surface area contributed by atoms with Gasteiger partial charge in [-0.3, -0.25) is 4.79 Å². The van der Waals surface area contributed by atoms with Gasteiger partial charge in [0.05, 0.1) is 16.6 Å². The van der Waals surface area contributed by atoms with E-state index in [9.17, 15) is 9.59 Å². The van der Waals surface area contributed by atoms with Crippen LogP contribution in [0.2, 0.25) is 0 Å². The number of carbonyl (C=O) groups excluding carboxylic acids is 2. The number of hydrogen-bond donors (Lipinski definition) is 1. The second-order valence-electron chi connectivity index (χ2n) is 5.07. The average molecular weight is 392 g/mol. The van der Waals surface area contributed by atoms with Gasteiger partial charge in [-0.15, -0.1) is 0 Å². The molecule has 1 N–H and O–H groups in total. The molecule has 0 atom stereocenters. The van der Waals surface area contributed by atoms with E-state index in [1.807, 2.05) is 19.1 Å². The van der Waals surface area contributed by atoms with E-state index in [1.165, 1.54) is 0 Å². The van der Waals surface area contributed by atoms with E-state index in [1.54, 1.807) is 37.3 Å². The van der Waals surface area contributed by atoms with Crippen LogP contribution in [0.15, 0.2) is 46.9 Å². The van der Waals surface area contributed by atoms with E-state index in [0.717, 1.165) is 10.0 Å². The Morgan fingerprint density at radius 3 is 2.46 bits per heavy atom. The predicted molar refractivity (Wildman–Crippen MR) is 95.4 cm³/mol. The van der Waals surface area contributed by atoms with Crippen LogP contribution in [-0.2, 0) is 9.53 Å². The Bertz CT molecular complexity index is 728. The molecule has 6 heteroatoms. The summed E-state index contributed by atoms with van der Waals surface area (Å²) >= 11 is 3.40. The quantitative estimate of drug-likeness (QED) is 0.757. The summed E-state index contributed by atoms with van der Waals surface area (Å²) in [6.07, 6.45) is 0. The van der Waals surface area contributed by atoms with Crippen LogP contribution in [0.4, 0.5) is 5.69 Å². The van der Waals surface area contributed by atoms with Gasteiger partial charge in [0, 0.05) is 5.69 Å². The van der Waals surface area contributed by atoms with Crippen LogP contribution >= 0.6 is 15.9 Å². The van der Waals surface area contributed by atoms with Gasteiger partial charge >= 0.3 is 5.97 Å². The molecule has 0 spiro atoms. The first-order valence-electron chi connectivity index (χ1n) is 7.45. The van der Waals surface area contributed by atoms with Crippen LogP contribution in [0.5, 0.6) is 5.75 Å². The van der Waals surface area contributed by atoms with Gasteiger partial charge in [0.1, 0.15) is 5.75 Å². The maximum Gasteiger partial charge on any atom is 0.338 e. The first kappa shape index (κ1) is 18.0. The number of carbonyl (C=O) groups is 2. The topological polar surface area (TPSA) is 64.6 Å². The molecule has 1 amide bonds. The number of ether oxygens (including phenoxy) is 2. The molecular formula is C18H18BrNO4. The van der Waals surface area contributed by atoms with Gasteiger partial charge < -0.3 is 14.8 Å². The third-order valence-corrected chi connectivity index (χ3v) is 3.75. The molecule has 0 fully saturated rings. The summed E-state index contributed by atoms with van der Waals surface area (Å²) in [5, 5.41) is 2.71. The van der Waals surface area contributed by atoms with Gasteiger partial charge in [-0.25, -0.2) is 4.79 Å². The molecule has 0 aromatic heterocycles. The number of nitrogens with one attached hydrogen (secondary N) is 1. The number of amides is 1. The van der Waals surface area contributed by atoms with E-state index in [4.69, 9.17) is 9.47 Å². The lowest BCUT2D eigenvalue weighted by Gasteiger charge is -2.10. The van der Waals surface area contributed by atoms with E-state index in [2.05, 4.69) is 21.2 Å². The summed E-state index contributed by atoms with van der Waals surface area (Å²) in [6.45, 7) is 3.94. The minimum absolute atomic E-state index is 0.110. The molecule has 0 bridgehead atoms. The summed E-state index contributed by atoms with van der Waals surface area (Å²) in [7, 11) is 0. The van der Waals surface area contributed by atoms with Crippen molar-refractivity contribution in [2.75, 3.05) is 18.5 Å². The number of esters is 1. The molecule has 0 saturated heterocycles. The zero-order valence-corrected chi connectivity index (χ0v) is 15.1. The second kappa shape index (κ2) is 8.49. The molecule has 2 aromatic carbocycles. The summed E-state index contributed by atoms with van der Waals surface area (Å²) in [5.41, 5.74) is 2.12. The molecule has 0 radical (unpaired) electrons. The highest BCUT2D eigenvalue weighted by Gasteiger charge is 2.08. The highest BCUT2D eigenvalue weighted by Crippen LogP contribution is 2.25. The van der Waals surface area contributed by atoms with Crippen molar-refractivity contribution in [2.24, 2.45) is 0 Å². The summed E-state index contributed by atoms with van der Waals surface area (Å²) in [4.78, 5) is 23.5. The van der Waals surface area contributed by atoms with E-state index in [-0.39, 0.29) is 18.5 Å². The van der Waals surface area contributed by atoms with Crippen LogP contribution in [0.25, 0.3) is 0 Å². The molecule has 0 aliphatic heterocycles. The smallest absolute Gasteiger partial charge is 0.338 e. The molecule has 0 aliphatic rings. The zero-order chi connectivity index (χ0) is 17.5. The number of aryl methyl sites for hydroxylation is 1. The van der Waals surface area contributed by atoms with Crippen molar-refractivity contribution in [3.63, 3.8) is 0 Å². The number of benzene rings is 2. The number of hydrogen-bond acceptors (Lipinski definition) is 4. The highest BCUT2D eigenvalue weighted by atomic mass is 79.9. The molecule has 0 heterocycles. The number of halogens is 1. The van der Waals surface area contributed by atoms with Crippen molar-refractivity contribution in [3.05, 3.63) is 58.1 Å². The number of rotatable bonds is 6. The fourth-order valence-electron chi connectivity index (χ4n) is 1.97. The zero-order valence-electron chi connectivity index (χ0n) is 13.5. The van der Waals surface area contributed by atoms with Gasteiger partial charge in [-0.2, -0.15) is 0 Å². The van der Waals surface area contributed by atoms with Gasteiger partial charge in [0.15, 0.2) is 6.61 Å². The summed E-state index contributed by atoms with van der Waals surface area (Å²) in [6, 6.07) is 12.1. The average Bonchev–Trinajstić information content (AvgIpc) is 2.55. The summed E-state index contributed by atoms with van der Waals surface area (Å²) < 4.78 is 11.2. The van der Waals surface area contributed by atoms with Gasteiger partial charge in [-0.1, -0.05) is 6.07 Å². The van der Waals surface area contributed by atoms with E-state index in [0.29, 0.717) is 23.6 Å². The van der Waals surface area contributed by atoms with Crippen LogP contribution in [0.3, 0.4) is 0 Å². The molecule has 24 heavy (non-hydrogen) atoms. The Kier molecular flexibility index (Phi) is 6.37. The second-order valence-corrected chi connectivity index (χ2v) is 5.92. The lowest BCUT2D eigenvalue weighted by atomic mass is 10.2. The minimum Gasteiger partial charge on any atom is -0.483 e. The largest absolute Gasteiger partial charge is 0.483 e. The monoisotopic (exact) mass is 391 g/mol. The van der Waals surface area contributed by atoms with Crippen LogP contribution in [0.1, 0.15) is 22.8 Å². The standard InChI is InChI=1S/C18H18BrNO4/c1-3-23-18(22)13-5-7-14(8-6-13)20-17(21)11-24-16-9-4-12(2)10-15(16)19/h4-10H,3,11H2,1-2H3,(H,20,21). The molecular weight excluding hydrogens is 374 g/mol. The van der Waals surface area contributed by atoms with Crippen molar-refractivity contribution in [3.8, 4) is 5.75 Å². The van der Waals surface area contributed by atoms with Crippen LogP contribution < -0.4 is 10.1 Å². The lowest BCUT2D eigenvalue weighted by molar-refractivity contribution is -0.118. The van der Waals surface area contributed by atoms with Crippen molar-refractivity contribution >= 4 is 33.5 Å². The Hall–Kier alpha value is -2.34.